The standard InChI is InChI=1S/C14H17NO5/c1-19-11-5-3-4-9(13(11)20-2)7-15-8-10(14(17)18)6-12(15)16/h3-5,10H,6-8H2,1-2H3,(H,17,18)/t10-/m1/s1. The van der Waals surface area contributed by atoms with Gasteiger partial charge in [0.15, 0.2) is 11.5 Å². The molecule has 1 heterocycles. The highest BCUT2D eigenvalue weighted by atomic mass is 16.5. The smallest absolute Gasteiger partial charge is 0.308 e. The number of nitrogens with zero attached hydrogens (tertiary/aromatic N) is 1. The average molecular weight is 279 g/mol. The Morgan fingerprint density at radius 3 is 2.70 bits per heavy atom. The topological polar surface area (TPSA) is 76.1 Å². The molecular formula is C14H17NO5. The van der Waals surface area contributed by atoms with Crippen LogP contribution in [0.1, 0.15) is 12.0 Å². The van der Waals surface area contributed by atoms with Crippen LogP contribution in [0.3, 0.4) is 0 Å². The largest absolute Gasteiger partial charge is 0.493 e. The van der Waals surface area contributed by atoms with Crippen LogP contribution in [0.5, 0.6) is 11.5 Å². The molecule has 0 aromatic heterocycles. The molecule has 1 aromatic rings. The van der Waals surface area contributed by atoms with Gasteiger partial charge in [0.1, 0.15) is 0 Å². The summed E-state index contributed by atoms with van der Waals surface area (Å²) >= 11 is 0. The van der Waals surface area contributed by atoms with Crippen molar-refractivity contribution in [1.29, 1.82) is 0 Å². The zero-order valence-corrected chi connectivity index (χ0v) is 11.5. The Hall–Kier alpha value is -2.24. The molecule has 0 saturated carbocycles. The van der Waals surface area contributed by atoms with E-state index in [9.17, 15) is 9.59 Å². The van der Waals surface area contributed by atoms with Crippen molar-refractivity contribution in [2.24, 2.45) is 5.92 Å². The molecule has 1 atom stereocenters. The third-order valence-corrected chi connectivity index (χ3v) is 3.41. The van der Waals surface area contributed by atoms with Crippen LogP contribution < -0.4 is 9.47 Å². The summed E-state index contributed by atoms with van der Waals surface area (Å²) in [6.45, 7) is 0.553. The number of ether oxygens (including phenoxy) is 2. The van der Waals surface area contributed by atoms with E-state index < -0.39 is 11.9 Å². The second-order valence-corrected chi connectivity index (χ2v) is 4.67. The van der Waals surface area contributed by atoms with Gasteiger partial charge in [-0.15, -0.1) is 0 Å². The monoisotopic (exact) mass is 279 g/mol. The fourth-order valence-electron chi connectivity index (χ4n) is 2.37. The molecule has 0 aliphatic carbocycles. The van der Waals surface area contributed by atoms with Crippen LogP contribution in [0, 0.1) is 5.92 Å². The van der Waals surface area contributed by atoms with Gasteiger partial charge in [-0.05, 0) is 6.07 Å². The van der Waals surface area contributed by atoms with Gasteiger partial charge in [0, 0.05) is 25.1 Å². The molecular weight excluding hydrogens is 262 g/mol. The number of likely N-dealkylation sites (tertiary alicyclic amines) is 1. The molecule has 1 aliphatic rings. The summed E-state index contributed by atoms with van der Waals surface area (Å²) in [6.07, 6.45) is 0.0572. The van der Waals surface area contributed by atoms with Crippen LogP contribution in [0.4, 0.5) is 0 Å². The predicted octanol–water partition coefficient (Wildman–Crippen LogP) is 1.14. The van der Waals surface area contributed by atoms with Gasteiger partial charge in [-0.3, -0.25) is 9.59 Å². The molecule has 1 N–H and O–H groups in total. The van der Waals surface area contributed by atoms with Crippen LogP contribution in [-0.2, 0) is 16.1 Å². The first kappa shape index (κ1) is 14.2. The fourth-order valence-corrected chi connectivity index (χ4v) is 2.37. The number of methoxy groups -OCH3 is 2. The molecule has 0 unspecified atom stereocenters. The lowest BCUT2D eigenvalue weighted by Crippen LogP contribution is -2.26. The molecule has 6 heteroatoms. The Labute approximate surface area is 116 Å². The summed E-state index contributed by atoms with van der Waals surface area (Å²) in [5.41, 5.74) is 0.797. The lowest BCUT2D eigenvalue weighted by molar-refractivity contribution is -0.141. The van der Waals surface area contributed by atoms with Gasteiger partial charge in [0.05, 0.1) is 20.1 Å². The molecule has 2 rings (SSSR count). The van der Waals surface area contributed by atoms with Gasteiger partial charge < -0.3 is 19.5 Å². The summed E-state index contributed by atoms with van der Waals surface area (Å²) in [7, 11) is 3.08. The second kappa shape index (κ2) is 5.81. The number of hydrogen-bond acceptors (Lipinski definition) is 4. The Bertz CT molecular complexity index is 528. The fraction of sp³-hybridized carbons (Fsp3) is 0.429. The predicted molar refractivity (Wildman–Crippen MR) is 70.7 cm³/mol. The van der Waals surface area contributed by atoms with Crippen molar-refractivity contribution in [2.75, 3.05) is 20.8 Å². The highest BCUT2D eigenvalue weighted by Gasteiger charge is 2.34. The normalized spacial score (nSPS) is 18.2. The molecule has 0 bridgehead atoms. The maximum absolute atomic E-state index is 11.8. The number of carbonyl (C=O) groups excluding carboxylic acids is 1. The highest BCUT2D eigenvalue weighted by Crippen LogP contribution is 2.32. The Morgan fingerprint density at radius 2 is 2.15 bits per heavy atom. The summed E-state index contributed by atoms with van der Waals surface area (Å²) < 4.78 is 10.5. The summed E-state index contributed by atoms with van der Waals surface area (Å²) in [4.78, 5) is 24.3. The van der Waals surface area contributed by atoms with Crippen molar-refractivity contribution in [3.05, 3.63) is 23.8 Å². The van der Waals surface area contributed by atoms with Crippen LogP contribution >= 0.6 is 0 Å². The third-order valence-electron chi connectivity index (χ3n) is 3.41. The molecule has 1 saturated heterocycles. The summed E-state index contributed by atoms with van der Waals surface area (Å²) in [6, 6.07) is 5.42. The van der Waals surface area contributed by atoms with Gasteiger partial charge in [-0.2, -0.15) is 0 Å². The molecule has 108 valence electrons. The highest BCUT2D eigenvalue weighted by molar-refractivity contribution is 5.86. The number of carboxylic acids is 1. The van der Waals surface area contributed by atoms with Crippen LogP contribution in [-0.4, -0.2) is 42.6 Å². The van der Waals surface area contributed by atoms with Crippen LogP contribution in [0.25, 0.3) is 0 Å². The molecule has 1 aliphatic heterocycles. The molecule has 6 nitrogen and oxygen atoms in total. The minimum atomic E-state index is -0.932. The maximum atomic E-state index is 11.8. The molecule has 0 radical (unpaired) electrons. The van der Waals surface area contributed by atoms with Crippen molar-refractivity contribution in [3.8, 4) is 11.5 Å². The first-order chi connectivity index (χ1) is 9.56. The van der Waals surface area contributed by atoms with Gasteiger partial charge in [0.25, 0.3) is 0 Å². The molecule has 20 heavy (non-hydrogen) atoms. The minimum Gasteiger partial charge on any atom is -0.493 e. The summed E-state index contributed by atoms with van der Waals surface area (Å²) in [5.74, 6) is -0.548. The zero-order chi connectivity index (χ0) is 14.7. The van der Waals surface area contributed by atoms with Crippen molar-refractivity contribution in [2.45, 2.75) is 13.0 Å². The number of hydrogen-bond donors (Lipinski definition) is 1. The van der Waals surface area contributed by atoms with E-state index in [0.29, 0.717) is 18.0 Å². The number of benzene rings is 1. The number of amides is 1. The number of aliphatic carboxylic acids is 1. The van der Waals surface area contributed by atoms with Gasteiger partial charge >= 0.3 is 5.97 Å². The van der Waals surface area contributed by atoms with Crippen molar-refractivity contribution in [3.63, 3.8) is 0 Å². The van der Waals surface area contributed by atoms with Crippen molar-refractivity contribution >= 4 is 11.9 Å². The molecule has 1 aromatic carbocycles. The van der Waals surface area contributed by atoms with Gasteiger partial charge in [-0.1, -0.05) is 12.1 Å². The van der Waals surface area contributed by atoms with E-state index in [0.717, 1.165) is 5.56 Å². The van der Waals surface area contributed by atoms with E-state index in [-0.39, 0.29) is 18.9 Å². The van der Waals surface area contributed by atoms with E-state index in [2.05, 4.69) is 0 Å². The lowest BCUT2D eigenvalue weighted by atomic mass is 10.1. The van der Waals surface area contributed by atoms with E-state index in [4.69, 9.17) is 14.6 Å². The van der Waals surface area contributed by atoms with E-state index in [1.165, 1.54) is 12.0 Å². The van der Waals surface area contributed by atoms with E-state index in [1.54, 1.807) is 13.2 Å². The quantitative estimate of drug-likeness (QED) is 0.874. The Kier molecular flexibility index (Phi) is 4.12. The molecule has 1 amide bonds. The van der Waals surface area contributed by atoms with Crippen molar-refractivity contribution in [1.82, 2.24) is 4.90 Å². The number of carboxylic acid groups (broad SMARTS) is 1. The lowest BCUT2D eigenvalue weighted by Gasteiger charge is -2.19. The van der Waals surface area contributed by atoms with Gasteiger partial charge in [-0.25, -0.2) is 0 Å². The SMILES string of the molecule is COc1cccc(CN2C[C@H](C(=O)O)CC2=O)c1OC. The number of para-hydroxylation sites is 1. The van der Waals surface area contributed by atoms with E-state index >= 15 is 0 Å². The Morgan fingerprint density at radius 1 is 1.40 bits per heavy atom. The van der Waals surface area contributed by atoms with Crippen molar-refractivity contribution < 1.29 is 24.2 Å². The summed E-state index contributed by atoms with van der Waals surface area (Å²) in [5, 5.41) is 8.97. The number of rotatable bonds is 5. The maximum Gasteiger partial charge on any atom is 0.308 e. The minimum absolute atomic E-state index is 0.0572. The molecule has 1 fully saturated rings. The number of carbonyl (C=O) groups is 2. The zero-order valence-electron chi connectivity index (χ0n) is 11.5. The second-order valence-electron chi connectivity index (χ2n) is 4.67. The molecule has 0 spiro atoms. The van der Waals surface area contributed by atoms with Gasteiger partial charge in [0.2, 0.25) is 5.91 Å². The first-order valence-electron chi connectivity index (χ1n) is 6.27. The Balaban J connectivity index is 2.18. The van der Waals surface area contributed by atoms with E-state index in [1.807, 2.05) is 12.1 Å². The van der Waals surface area contributed by atoms with Crippen LogP contribution in [0.15, 0.2) is 18.2 Å². The average Bonchev–Trinajstić information content (AvgIpc) is 2.80. The third kappa shape index (κ3) is 2.68. The van der Waals surface area contributed by atoms with Crippen LogP contribution in [0.2, 0.25) is 0 Å². The first-order valence-corrected chi connectivity index (χ1v) is 6.27.